The second-order valence-electron chi connectivity index (χ2n) is 5.25. The van der Waals surface area contributed by atoms with E-state index in [9.17, 15) is 5.11 Å². The number of hydrogen-bond donors (Lipinski definition) is 1. The number of aliphatic hydroxyl groups excluding tert-OH is 1. The fourth-order valence-corrected chi connectivity index (χ4v) is 2.82. The number of rotatable bonds is 5. The van der Waals surface area contributed by atoms with Gasteiger partial charge in [-0.2, -0.15) is 0 Å². The minimum Gasteiger partial charge on any atom is -0.491 e. The van der Waals surface area contributed by atoms with E-state index in [2.05, 4.69) is 24.3 Å². The Morgan fingerprint density at radius 2 is 1.90 bits per heavy atom. The van der Waals surface area contributed by atoms with Crippen LogP contribution >= 0.6 is 11.6 Å². The zero-order valence-corrected chi connectivity index (χ0v) is 11.9. The molecule has 3 heteroatoms. The second-order valence-corrected chi connectivity index (χ2v) is 5.69. The van der Waals surface area contributed by atoms with Gasteiger partial charge in [0.15, 0.2) is 0 Å². The van der Waals surface area contributed by atoms with Crippen molar-refractivity contribution in [2.75, 3.05) is 6.61 Å². The molecule has 0 spiro atoms. The lowest BCUT2D eigenvalue weighted by Crippen LogP contribution is -2.26. The summed E-state index contributed by atoms with van der Waals surface area (Å²) in [5.74, 6) is 1.21. The molecular formula is C17H17ClO2. The van der Waals surface area contributed by atoms with Crippen molar-refractivity contribution < 1.29 is 9.84 Å². The van der Waals surface area contributed by atoms with Crippen LogP contribution in [0.3, 0.4) is 0 Å². The maximum atomic E-state index is 10.1. The molecule has 2 unspecified atom stereocenters. The topological polar surface area (TPSA) is 29.5 Å². The number of halogens is 1. The molecule has 1 N–H and O–H groups in total. The molecule has 0 aromatic heterocycles. The van der Waals surface area contributed by atoms with Crippen LogP contribution in [0.4, 0.5) is 0 Å². The van der Waals surface area contributed by atoms with Crippen molar-refractivity contribution in [1.82, 2.24) is 0 Å². The molecule has 104 valence electrons. The SMILES string of the molecule is OC(COc1ccc(Cl)cc1)CC1Cc2ccccc21. The Hall–Kier alpha value is -1.51. The van der Waals surface area contributed by atoms with Crippen molar-refractivity contribution in [3.63, 3.8) is 0 Å². The summed E-state index contributed by atoms with van der Waals surface area (Å²) in [5.41, 5.74) is 2.78. The molecule has 0 saturated carbocycles. The smallest absolute Gasteiger partial charge is 0.119 e. The fourth-order valence-electron chi connectivity index (χ4n) is 2.69. The Morgan fingerprint density at radius 3 is 2.65 bits per heavy atom. The number of hydrogen-bond acceptors (Lipinski definition) is 2. The van der Waals surface area contributed by atoms with Gasteiger partial charge in [-0.05, 0) is 54.2 Å². The molecule has 0 amide bonds. The van der Waals surface area contributed by atoms with E-state index >= 15 is 0 Å². The minimum absolute atomic E-state index is 0.320. The number of ether oxygens (including phenoxy) is 1. The van der Waals surface area contributed by atoms with Gasteiger partial charge in [-0.25, -0.2) is 0 Å². The van der Waals surface area contributed by atoms with E-state index in [1.54, 1.807) is 12.1 Å². The molecule has 0 bridgehead atoms. The van der Waals surface area contributed by atoms with Gasteiger partial charge in [0.2, 0.25) is 0 Å². The molecule has 2 aromatic carbocycles. The highest BCUT2D eigenvalue weighted by atomic mass is 35.5. The fraction of sp³-hybridized carbons (Fsp3) is 0.294. The molecule has 0 fully saturated rings. The number of benzene rings is 2. The summed E-state index contributed by atoms with van der Waals surface area (Å²) in [6.07, 6.45) is 1.38. The summed E-state index contributed by atoms with van der Waals surface area (Å²) in [6.45, 7) is 0.320. The van der Waals surface area contributed by atoms with E-state index in [-0.39, 0.29) is 0 Å². The molecule has 2 aromatic rings. The first kappa shape index (κ1) is 13.5. The normalized spacial score (nSPS) is 18.0. The van der Waals surface area contributed by atoms with E-state index in [4.69, 9.17) is 16.3 Å². The highest BCUT2D eigenvalue weighted by Crippen LogP contribution is 2.37. The molecule has 1 aliphatic rings. The van der Waals surface area contributed by atoms with Crippen LogP contribution in [0.5, 0.6) is 5.75 Å². The number of aliphatic hydroxyl groups is 1. The monoisotopic (exact) mass is 288 g/mol. The predicted molar refractivity (Wildman–Crippen MR) is 80.5 cm³/mol. The molecule has 3 rings (SSSR count). The van der Waals surface area contributed by atoms with Crippen LogP contribution in [-0.4, -0.2) is 17.8 Å². The van der Waals surface area contributed by atoms with Crippen LogP contribution in [0.25, 0.3) is 0 Å². The van der Waals surface area contributed by atoms with Crippen molar-refractivity contribution in [2.24, 2.45) is 0 Å². The Bertz CT molecular complexity index is 580. The molecule has 0 heterocycles. The lowest BCUT2D eigenvalue weighted by molar-refractivity contribution is 0.0913. The van der Waals surface area contributed by atoms with E-state index in [1.807, 2.05) is 12.1 Å². The molecule has 0 saturated heterocycles. The van der Waals surface area contributed by atoms with Crippen molar-refractivity contribution in [2.45, 2.75) is 24.9 Å². The summed E-state index contributed by atoms with van der Waals surface area (Å²) < 4.78 is 5.57. The third-order valence-corrected chi connectivity index (χ3v) is 4.03. The summed E-state index contributed by atoms with van der Waals surface area (Å²) >= 11 is 5.81. The number of fused-ring (bicyclic) bond motifs is 1. The van der Waals surface area contributed by atoms with Crippen molar-refractivity contribution in [3.05, 3.63) is 64.7 Å². The standard InChI is InChI=1S/C17H17ClO2/c18-14-5-7-16(8-6-14)20-11-15(19)10-13-9-12-3-1-2-4-17(12)13/h1-8,13,15,19H,9-11H2. The Balaban J connectivity index is 1.49. The highest BCUT2D eigenvalue weighted by molar-refractivity contribution is 6.30. The molecule has 2 atom stereocenters. The molecule has 0 aliphatic heterocycles. The van der Waals surface area contributed by atoms with Gasteiger partial charge in [0, 0.05) is 5.02 Å². The lowest BCUT2D eigenvalue weighted by atomic mass is 9.75. The van der Waals surface area contributed by atoms with Gasteiger partial charge in [0.05, 0.1) is 6.10 Å². The van der Waals surface area contributed by atoms with Gasteiger partial charge in [0.25, 0.3) is 0 Å². The third kappa shape index (κ3) is 2.97. The van der Waals surface area contributed by atoms with Gasteiger partial charge in [0.1, 0.15) is 12.4 Å². The maximum absolute atomic E-state index is 10.1. The summed E-state index contributed by atoms with van der Waals surface area (Å²) in [4.78, 5) is 0. The van der Waals surface area contributed by atoms with Crippen LogP contribution in [0.2, 0.25) is 5.02 Å². The first-order valence-corrected chi connectivity index (χ1v) is 7.24. The van der Waals surface area contributed by atoms with E-state index in [0.717, 1.165) is 18.6 Å². The summed E-state index contributed by atoms with van der Waals surface area (Å²) in [7, 11) is 0. The van der Waals surface area contributed by atoms with Gasteiger partial charge in [-0.3, -0.25) is 0 Å². The molecular weight excluding hydrogens is 272 g/mol. The van der Waals surface area contributed by atoms with Crippen molar-refractivity contribution in [1.29, 1.82) is 0 Å². The second kappa shape index (κ2) is 5.86. The molecule has 0 radical (unpaired) electrons. The quantitative estimate of drug-likeness (QED) is 0.906. The van der Waals surface area contributed by atoms with Gasteiger partial charge in [-0.15, -0.1) is 0 Å². The average Bonchev–Trinajstić information content (AvgIpc) is 2.44. The van der Waals surface area contributed by atoms with Crippen LogP contribution in [-0.2, 0) is 6.42 Å². The van der Waals surface area contributed by atoms with Gasteiger partial charge < -0.3 is 9.84 Å². The Kier molecular flexibility index (Phi) is 3.95. The molecule has 20 heavy (non-hydrogen) atoms. The molecule has 1 aliphatic carbocycles. The van der Waals surface area contributed by atoms with Crippen molar-refractivity contribution in [3.8, 4) is 5.75 Å². The van der Waals surface area contributed by atoms with Crippen LogP contribution < -0.4 is 4.74 Å². The van der Waals surface area contributed by atoms with E-state index in [1.165, 1.54) is 11.1 Å². The first-order chi connectivity index (χ1) is 9.72. The largest absolute Gasteiger partial charge is 0.491 e. The van der Waals surface area contributed by atoms with Crippen LogP contribution in [0.1, 0.15) is 23.5 Å². The maximum Gasteiger partial charge on any atom is 0.119 e. The molecule has 2 nitrogen and oxygen atoms in total. The van der Waals surface area contributed by atoms with E-state index < -0.39 is 6.10 Å². The lowest BCUT2D eigenvalue weighted by Gasteiger charge is -2.31. The highest BCUT2D eigenvalue weighted by Gasteiger charge is 2.27. The minimum atomic E-state index is -0.441. The summed E-state index contributed by atoms with van der Waals surface area (Å²) in [6, 6.07) is 15.6. The average molecular weight is 289 g/mol. The third-order valence-electron chi connectivity index (χ3n) is 3.77. The Labute approximate surface area is 124 Å². The van der Waals surface area contributed by atoms with Crippen molar-refractivity contribution >= 4 is 11.6 Å². The van der Waals surface area contributed by atoms with Gasteiger partial charge in [-0.1, -0.05) is 35.9 Å². The predicted octanol–water partition coefficient (Wildman–Crippen LogP) is 3.81. The van der Waals surface area contributed by atoms with Crippen LogP contribution in [0, 0.1) is 0 Å². The van der Waals surface area contributed by atoms with Gasteiger partial charge >= 0.3 is 0 Å². The first-order valence-electron chi connectivity index (χ1n) is 6.86. The van der Waals surface area contributed by atoms with Crippen LogP contribution in [0.15, 0.2) is 48.5 Å². The zero-order chi connectivity index (χ0) is 13.9. The zero-order valence-electron chi connectivity index (χ0n) is 11.1. The Morgan fingerprint density at radius 1 is 1.15 bits per heavy atom. The summed E-state index contributed by atoms with van der Waals surface area (Å²) in [5, 5.41) is 10.8. The van der Waals surface area contributed by atoms with E-state index in [0.29, 0.717) is 17.5 Å².